The molecule has 2 rings (SSSR count). The lowest BCUT2D eigenvalue weighted by atomic mass is 10.1. The molecule has 0 aliphatic rings. The van der Waals surface area contributed by atoms with Gasteiger partial charge in [0.25, 0.3) is 0 Å². The van der Waals surface area contributed by atoms with Crippen LogP contribution in [0.1, 0.15) is 29.3 Å². The van der Waals surface area contributed by atoms with E-state index in [2.05, 4.69) is 55.3 Å². The molecule has 2 aromatic rings. The number of nitrogens with zero attached hydrogens (tertiary/aromatic N) is 1. The highest BCUT2D eigenvalue weighted by atomic mass is 16.5. The summed E-state index contributed by atoms with van der Waals surface area (Å²) in [6.07, 6.45) is 1.91. The summed E-state index contributed by atoms with van der Waals surface area (Å²) in [5.41, 5.74) is 4.51. The van der Waals surface area contributed by atoms with Gasteiger partial charge in [0.15, 0.2) is 0 Å². The summed E-state index contributed by atoms with van der Waals surface area (Å²) in [5.74, 6) is 0.934. The van der Waals surface area contributed by atoms with E-state index < -0.39 is 0 Å². The number of benzene rings is 1. The quantitative estimate of drug-likeness (QED) is 0.873. The highest BCUT2D eigenvalue weighted by Gasteiger charge is 2.02. The maximum atomic E-state index is 5.85. The minimum Gasteiger partial charge on any atom is -0.487 e. The van der Waals surface area contributed by atoms with E-state index in [4.69, 9.17) is 4.74 Å². The van der Waals surface area contributed by atoms with Crippen LogP contribution >= 0.6 is 0 Å². The Morgan fingerprint density at radius 1 is 1.15 bits per heavy atom. The molecule has 20 heavy (non-hydrogen) atoms. The first kappa shape index (κ1) is 14.5. The van der Waals surface area contributed by atoms with Crippen LogP contribution < -0.4 is 10.1 Å². The highest BCUT2D eigenvalue weighted by Crippen LogP contribution is 2.20. The van der Waals surface area contributed by atoms with Crippen molar-refractivity contribution in [3.63, 3.8) is 0 Å². The second kappa shape index (κ2) is 7.06. The standard InChI is InChI=1S/C17H22N2O/c1-4-18-10-15-7-8-16(19-11-15)12-20-17-9-13(2)5-6-14(17)3/h5-9,11,18H,4,10,12H2,1-3H3. The van der Waals surface area contributed by atoms with E-state index in [1.807, 2.05) is 12.3 Å². The zero-order valence-corrected chi connectivity index (χ0v) is 12.4. The summed E-state index contributed by atoms with van der Waals surface area (Å²) in [4.78, 5) is 4.43. The second-order valence-electron chi connectivity index (χ2n) is 5.00. The topological polar surface area (TPSA) is 34.1 Å². The van der Waals surface area contributed by atoms with Crippen molar-refractivity contribution < 1.29 is 4.74 Å². The normalized spacial score (nSPS) is 10.6. The molecule has 1 aromatic heterocycles. The summed E-state index contributed by atoms with van der Waals surface area (Å²) in [7, 11) is 0. The van der Waals surface area contributed by atoms with Crippen molar-refractivity contribution >= 4 is 0 Å². The minimum absolute atomic E-state index is 0.506. The van der Waals surface area contributed by atoms with Gasteiger partial charge in [-0.2, -0.15) is 0 Å². The molecule has 0 aliphatic heterocycles. The molecule has 1 N–H and O–H groups in total. The van der Waals surface area contributed by atoms with E-state index >= 15 is 0 Å². The molecule has 0 fully saturated rings. The van der Waals surface area contributed by atoms with E-state index in [-0.39, 0.29) is 0 Å². The number of pyridine rings is 1. The van der Waals surface area contributed by atoms with Crippen LogP contribution in [0.4, 0.5) is 0 Å². The summed E-state index contributed by atoms with van der Waals surface area (Å²) < 4.78 is 5.85. The molecule has 0 bridgehead atoms. The van der Waals surface area contributed by atoms with E-state index in [0.29, 0.717) is 6.61 Å². The molecule has 3 heteroatoms. The Balaban J connectivity index is 1.95. The third-order valence-electron chi connectivity index (χ3n) is 3.18. The average molecular weight is 270 g/mol. The lowest BCUT2D eigenvalue weighted by Gasteiger charge is -2.10. The Hall–Kier alpha value is -1.87. The van der Waals surface area contributed by atoms with Gasteiger partial charge in [0, 0.05) is 12.7 Å². The summed E-state index contributed by atoms with van der Waals surface area (Å²) in [6.45, 7) is 8.56. The van der Waals surface area contributed by atoms with Crippen molar-refractivity contribution in [2.24, 2.45) is 0 Å². The molecular weight excluding hydrogens is 248 g/mol. The fourth-order valence-electron chi connectivity index (χ4n) is 1.93. The van der Waals surface area contributed by atoms with Crippen LogP contribution in [-0.4, -0.2) is 11.5 Å². The zero-order chi connectivity index (χ0) is 14.4. The first-order chi connectivity index (χ1) is 9.69. The van der Waals surface area contributed by atoms with Gasteiger partial charge in [-0.05, 0) is 49.2 Å². The predicted octanol–water partition coefficient (Wildman–Crippen LogP) is 3.39. The number of aryl methyl sites for hydroxylation is 2. The van der Waals surface area contributed by atoms with Gasteiger partial charge in [-0.1, -0.05) is 25.1 Å². The lowest BCUT2D eigenvalue weighted by molar-refractivity contribution is 0.299. The van der Waals surface area contributed by atoms with Gasteiger partial charge in [-0.3, -0.25) is 4.98 Å². The molecule has 0 unspecified atom stereocenters. The van der Waals surface area contributed by atoms with Crippen molar-refractivity contribution in [3.8, 4) is 5.75 Å². The Bertz CT molecular complexity index is 549. The maximum Gasteiger partial charge on any atom is 0.130 e. The van der Waals surface area contributed by atoms with Gasteiger partial charge in [0.2, 0.25) is 0 Å². The average Bonchev–Trinajstić information content (AvgIpc) is 2.47. The van der Waals surface area contributed by atoms with E-state index in [9.17, 15) is 0 Å². The number of nitrogens with one attached hydrogen (secondary N) is 1. The van der Waals surface area contributed by atoms with Crippen molar-refractivity contribution in [3.05, 3.63) is 58.9 Å². The van der Waals surface area contributed by atoms with Gasteiger partial charge < -0.3 is 10.1 Å². The Labute approximate surface area is 121 Å². The second-order valence-corrected chi connectivity index (χ2v) is 5.00. The van der Waals surface area contributed by atoms with Crippen molar-refractivity contribution in [1.29, 1.82) is 0 Å². The number of aromatic nitrogens is 1. The fourth-order valence-corrected chi connectivity index (χ4v) is 1.93. The molecule has 0 spiro atoms. The van der Waals surface area contributed by atoms with Gasteiger partial charge in [0.05, 0.1) is 5.69 Å². The molecule has 0 aliphatic carbocycles. The monoisotopic (exact) mass is 270 g/mol. The third kappa shape index (κ3) is 4.07. The van der Waals surface area contributed by atoms with Crippen LogP contribution in [0.15, 0.2) is 36.5 Å². The Morgan fingerprint density at radius 2 is 2.00 bits per heavy atom. The SMILES string of the molecule is CCNCc1ccc(COc2cc(C)ccc2C)nc1. The van der Waals surface area contributed by atoms with Crippen molar-refractivity contribution in [1.82, 2.24) is 10.3 Å². The van der Waals surface area contributed by atoms with Crippen LogP contribution in [0.2, 0.25) is 0 Å². The number of ether oxygens (including phenoxy) is 1. The molecule has 1 heterocycles. The smallest absolute Gasteiger partial charge is 0.130 e. The maximum absolute atomic E-state index is 5.85. The summed E-state index contributed by atoms with van der Waals surface area (Å²) in [5, 5.41) is 3.28. The van der Waals surface area contributed by atoms with Crippen LogP contribution in [0, 0.1) is 13.8 Å². The van der Waals surface area contributed by atoms with E-state index in [0.717, 1.165) is 30.1 Å². The van der Waals surface area contributed by atoms with Crippen LogP contribution in [0.3, 0.4) is 0 Å². The van der Waals surface area contributed by atoms with E-state index in [1.54, 1.807) is 0 Å². The van der Waals surface area contributed by atoms with E-state index in [1.165, 1.54) is 11.1 Å². The van der Waals surface area contributed by atoms with Crippen LogP contribution in [0.5, 0.6) is 5.75 Å². The third-order valence-corrected chi connectivity index (χ3v) is 3.18. The van der Waals surface area contributed by atoms with Gasteiger partial charge in [-0.15, -0.1) is 0 Å². The first-order valence-electron chi connectivity index (χ1n) is 7.03. The predicted molar refractivity (Wildman–Crippen MR) is 81.9 cm³/mol. The molecule has 3 nitrogen and oxygen atoms in total. The van der Waals surface area contributed by atoms with Crippen molar-refractivity contribution in [2.45, 2.75) is 33.9 Å². The number of hydrogen-bond acceptors (Lipinski definition) is 3. The Kier molecular flexibility index (Phi) is 5.13. The fraction of sp³-hybridized carbons (Fsp3) is 0.353. The molecule has 0 radical (unpaired) electrons. The molecule has 106 valence electrons. The van der Waals surface area contributed by atoms with Crippen LogP contribution in [0.25, 0.3) is 0 Å². The molecular formula is C17H22N2O. The lowest BCUT2D eigenvalue weighted by Crippen LogP contribution is -2.12. The van der Waals surface area contributed by atoms with Crippen LogP contribution in [-0.2, 0) is 13.2 Å². The molecule has 0 atom stereocenters. The molecule has 1 aromatic carbocycles. The largest absolute Gasteiger partial charge is 0.487 e. The molecule has 0 saturated heterocycles. The number of rotatable bonds is 6. The van der Waals surface area contributed by atoms with Crippen molar-refractivity contribution in [2.75, 3.05) is 6.54 Å². The molecule has 0 saturated carbocycles. The number of hydrogen-bond donors (Lipinski definition) is 1. The Morgan fingerprint density at radius 3 is 2.70 bits per heavy atom. The van der Waals surface area contributed by atoms with Gasteiger partial charge in [-0.25, -0.2) is 0 Å². The minimum atomic E-state index is 0.506. The summed E-state index contributed by atoms with van der Waals surface area (Å²) >= 11 is 0. The van der Waals surface area contributed by atoms with Gasteiger partial charge in [0.1, 0.15) is 12.4 Å². The molecule has 0 amide bonds. The first-order valence-corrected chi connectivity index (χ1v) is 7.03. The van der Waals surface area contributed by atoms with Gasteiger partial charge >= 0.3 is 0 Å². The summed E-state index contributed by atoms with van der Waals surface area (Å²) in [6, 6.07) is 10.4. The zero-order valence-electron chi connectivity index (χ0n) is 12.4. The highest BCUT2D eigenvalue weighted by molar-refractivity contribution is 5.36.